The van der Waals surface area contributed by atoms with Crippen LogP contribution in [0.4, 0.5) is 5.69 Å². The van der Waals surface area contributed by atoms with E-state index in [0.717, 1.165) is 20.6 Å². The molecule has 0 aliphatic rings. The second-order valence-corrected chi connectivity index (χ2v) is 9.47. The molecule has 2 aromatic carbocycles. The number of thioether (sulfide) groups is 1. The van der Waals surface area contributed by atoms with Crippen LogP contribution in [0.25, 0.3) is 0 Å². The number of hydrogen-bond acceptors (Lipinski definition) is 5. The maximum absolute atomic E-state index is 12.5. The molecule has 0 aliphatic carbocycles. The third-order valence-electron chi connectivity index (χ3n) is 4.56. The van der Waals surface area contributed by atoms with Gasteiger partial charge in [0, 0.05) is 16.3 Å². The number of nitrogens with zero attached hydrogens (tertiary/aromatic N) is 3. The molecule has 0 atom stereocenters. The summed E-state index contributed by atoms with van der Waals surface area (Å²) in [6.07, 6.45) is 0. The standard InChI is InChI=1S/C22H25IN4O2S/c1-14(2)18-11-16(23)7-10-19(18)24-21(28)13-30-22-26-25-20(27(22)4)12-29-17-8-5-15(3)6-9-17/h5-11,14H,12-13H2,1-4H3,(H,24,28). The van der Waals surface area contributed by atoms with E-state index < -0.39 is 0 Å². The summed E-state index contributed by atoms with van der Waals surface area (Å²) in [4.78, 5) is 12.5. The maximum atomic E-state index is 12.5. The third-order valence-corrected chi connectivity index (χ3v) is 6.25. The van der Waals surface area contributed by atoms with E-state index in [0.29, 0.717) is 23.5 Å². The molecule has 30 heavy (non-hydrogen) atoms. The van der Waals surface area contributed by atoms with Crippen molar-refractivity contribution in [3.05, 3.63) is 63.0 Å². The van der Waals surface area contributed by atoms with Crippen molar-refractivity contribution >= 4 is 45.9 Å². The molecule has 1 aromatic heterocycles. The number of nitrogens with one attached hydrogen (secondary N) is 1. The number of anilines is 1. The van der Waals surface area contributed by atoms with Crippen molar-refractivity contribution in [3.8, 4) is 5.75 Å². The van der Waals surface area contributed by atoms with Gasteiger partial charge in [-0.2, -0.15) is 0 Å². The van der Waals surface area contributed by atoms with Crippen molar-refractivity contribution in [1.82, 2.24) is 14.8 Å². The van der Waals surface area contributed by atoms with Crippen LogP contribution < -0.4 is 10.1 Å². The first-order valence-electron chi connectivity index (χ1n) is 9.63. The largest absolute Gasteiger partial charge is 0.486 e. The van der Waals surface area contributed by atoms with Crippen LogP contribution in [0.5, 0.6) is 5.75 Å². The van der Waals surface area contributed by atoms with Crippen molar-refractivity contribution in [1.29, 1.82) is 0 Å². The number of benzene rings is 2. The Balaban J connectivity index is 1.56. The summed E-state index contributed by atoms with van der Waals surface area (Å²) in [5.74, 6) is 2.02. The van der Waals surface area contributed by atoms with Gasteiger partial charge in [0.05, 0.1) is 5.75 Å². The zero-order chi connectivity index (χ0) is 21.7. The van der Waals surface area contributed by atoms with Gasteiger partial charge in [-0.25, -0.2) is 0 Å². The SMILES string of the molecule is Cc1ccc(OCc2nnc(SCC(=O)Nc3ccc(I)cc3C(C)C)n2C)cc1. The average molecular weight is 536 g/mol. The average Bonchev–Trinajstić information content (AvgIpc) is 3.07. The lowest BCUT2D eigenvalue weighted by atomic mass is 10.0. The van der Waals surface area contributed by atoms with Crippen molar-refractivity contribution in [2.24, 2.45) is 7.05 Å². The van der Waals surface area contributed by atoms with Gasteiger partial charge >= 0.3 is 0 Å². The molecule has 6 nitrogen and oxygen atoms in total. The first kappa shape index (κ1) is 22.6. The van der Waals surface area contributed by atoms with E-state index >= 15 is 0 Å². The first-order chi connectivity index (χ1) is 14.3. The van der Waals surface area contributed by atoms with Gasteiger partial charge in [0.15, 0.2) is 11.0 Å². The number of rotatable bonds is 8. The lowest BCUT2D eigenvalue weighted by molar-refractivity contribution is -0.113. The maximum Gasteiger partial charge on any atom is 0.234 e. The Morgan fingerprint density at radius 3 is 2.63 bits per heavy atom. The molecule has 0 bridgehead atoms. The molecule has 158 valence electrons. The van der Waals surface area contributed by atoms with Crippen molar-refractivity contribution in [2.45, 2.75) is 38.5 Å². The van der Waals surface area contributed by atoms with Gasteiger partial charge in [-0.1, -0.05) is 43.3 Å². The minimum atomic E-state index is -0.0661. The number of carbonyl (C=O) groups is 1. The second kappa shape index (κ2) is 10.3. The molecule has 0 saturated heterocycles. The summed E-state index contributed by atoms with van der Waals surface area (Å²) in [6, 6.07) is 13.9. The van der Waals surface area contributed by atoms with Crippen LogP contribution in [-0.4, -0.2) is 26.4 Å². The lowest BCUT2D eigenvalue weighted by Crippen LogP contribution is -2.16. The van der Waals surface area contributed by atoms with Crippen LogP contribution in [0.1, 0.15) is 36.7 Å². The Morgan fingerprint density at radius 2 is 1.93 bits per heavy atom. The highest BCUT2D eigenvalue weighted by Gasteiger charge is 2.14. The molecule has 3 aromatic rings. The van der Waals surface area contributed by atoms with Crippen LogP contribution in [0.2, 0.25) is 0 Å². The quantitative estimate of drug-likeness (QED) is 0.318. The van der Waals surface area contributed by atoms with E-state index in [-0.39, 0.29) is 11.7 Å². The lowest BCUT2D eigenvalue weighted by Gasteiger charge is -2.14. The van der Waals surface area contributed by atoms with Crippen LogP contribution in [0, 0.1) is 10.5 Å². The molecule has 0 spiro atoms. The molecule has 0 radical (unpaired) electrons. The number of halogens is 1. The van der Waals surface area contributed by atoms with Crippen LogP contribution in [0.3, 0.4) is 0 Å². The fraction of sp³-hybridized carbons (Fsp3) is 0.318. The van der Waals surface area contributed by atoms with Crippen LogP contribution in [-0.2, 0) is 18.4 Å². The molecule has 0 saturated carbocycles. The highest BCUT2D eigenvalue weighted by molar-refractivity contribution is 14.1. The molecule has 0 aliphatic heterocycles. The minimum absolute atomic E-state index is 0.0661. The number of hydrogen-bond donors (Lipinski definition) is 1. The Morgan fingerprint density at radius 1 is 1.20 bits per heavy atom. The smallest absolute Gasteiger partial charge is 0.234 e. The summed E-state index contributed by atoms with van der Waals surface area (Å²) in [5.41, 5.74) is 3.18. The zero-order valence-corrected chi connectivity index (χ0v) is 20.5. The highest BCUT2D eigenvalue weighted by Crippen LogP contribution is 2.27. The summed E-state index contributed by atoms with van der Waals surface area (Å²) >= 11 is 3.64. The molecular formula is C22H25IN4O2S. The summed E-state index contributed by atoms with van der Waals surface area (Å²) in [7, 11) is 1.88. The molecule has 3 rings (SSSR count). The number of aryl methyl sites for hydroxylation is 1. The molecule has 1 amide bonds. The van der Waals surface area contributed by atoms with Crippen molar-refractivity contribution < 1.29 is 9.53 Å². The van der Waals surface area contributed by atoms with Gasteiger partial charge in [-0.3, -0.25) is 4.79 Å². The summed E-state index contributed by atoms with van der Waals surface area (Å²) in [5, 5.41) is 12.1. The summed E-state index contributed by atoms with van der Waals surface area (Å²) in [6.45, 7) is 6.60. The molecular weight excluding hydrogens is 511 g/mol. The van der Waals surface area contributed by atoms with Crippen molar-refractivity contribution in [3.63, 3.8) is 0 Å². The van der Waals surface area contributed by atoms with E-state index in [4.69, 9.17) is 4.74 Å². The van der Waals surface area contributed by atoms with Crippen LogP contribution >= 0.6 is 34.4 Å². The summed E-state index contributed by atoms with van der Waals surface area (Å²) < 4.78 is 8.79. The van der Waals surface area contributed by atoms with Crippen LogP contribution in [0.15, 0.2) is 47.6 Å². The van der Waals surface area contributed by atoms with E-state index in [1.807, 2.05) is 54.9 Å². The van der Waals surface area contributed by atoms with E-state index in [1.54, 1.807) is 0 Å². The number of aromatic nitrogens is 3. The third kappa shape index (κ3) is 5.98. The molecule has 0 unspecified atom stereocenters. The number of amides is 1. The highest BCUT2D eigenvalue weighted by atomic mass is 127. The van der Waals surface area contributed by atoms with Gasteiger partial charge in [-0.05, 0) is 71.3 Å². The van der Waals surface area contributed by atoms with Gasteiger partial charge in [-0.15, -0.1) is 10.2 Å². The monoisotopic (exact) mass is 536 g/mol. The van der Waals surface area contributed by atoms with E-state index in [2.05, 4.69) is 58.0 Å². The van der Waals surface area contributed by atoms with E-state index in [9.17, 15) is 4.79 Å². The first-order valence-corrected chi connectivity index (χ1v) is 11.7. The minimum Gasteiger partial charge on any atom is -0.486 e. The Hall–Kier alpha value is -2.07. The van der Waals surface area contributed by atoms with Gasteiger partial charge in [0.2, 0.25) is 5.91 Å². The number of ether oxygens (including phenoxy) is 1. The molecule has 1 N–H and O–H groups in total. The Labute approximate surface area is 195 Å². The Bertz CT molecular complexity index is 1020. The predicted molar refractivity (Wildman–Crippen MR) is 129 cm³/mol. The van der Waals surface area contributed by atoms with E-state index in [1.165, 1.54) is 17.3 Å². The molecule has 1 heterocycles. The fourth-order valence-electron chi connectivity index (χ4n) is 2.82. The fourth-order valence-corrected chi connectivity index (χ4v) is 4.07. The predicted octanol–water partition coefficient (Wildman–Crippen LogP) is 5.16. The van der Waals surface area contributed by atoms with Gasteiger partial charge in [0.1, 0.15) is 12.4 Å². The normalized spacial score (nSPS) is 11.0. The Kier molecular flexibility index (Phi) is 7.76. The van der Waals surface area contributed by atoms with Gasteiger partial charge < -0.3 is 14.6 Å². The topological polar surface area (TPSA) is 69.0 Å². The molecule has 8 heteroatoms. The second-order valence-electron chi connectivity index (χ2n) is 7.28. The van der Waals surface area contributed by atoms with Gasteiger partial charge in [0.25, 0.3) is 0 Å². The molecule has 0 fully saturated rings. The number of carbonyl (C=O) groups excluding carboxylic acids is 1. The van der Waals surface area contributed by atoms with Crippen molar-refractivity contribution in [2.75, 3.05) is 11.1 Å². The zero-order valence-electron chi connectivity index (χ0n) is 17.5.